The van der Waals surface area contributed by atoms with Crippen molar-refractivity contribution < 1.29 is 19.4 Å². The number of carboxylic acid groups (broad SMARTS) is 1. The van der Waals surface area contributed by atoms with Crippen molar-refractivity contribution in [1.29, 1.82) is 0 Å². The summed E-state index contributed by atoms with van der Waals surface area (Å²) in [4.78, 5) is 23.9. The van der Waals surface area contributed by atoms with Gasteiger partial charge >= 0.3 is 5.97 Å². The van der Waals surface area contributed by atoms with Crippen LogP contribution >= 0.6 is 0 Å². The molecule has 1 unspecified atom stereocenters. The van der Waals surface area contributed by atoms with Crippen LogP contribution in [-0.2, 0) is 14.3 Å². The minimum absolute atomic E-state index is 0.102. The zero-order valence-corrected chi connectivity index (χ0v) is 10.3. The van der Waals surface area contributed by atoms with Crippen LogP contribution in [0.25, 0.3) is 0 Å². The van der Waals surface area contributed by atoms with Gasteiger partial charge in [0.15, 0.2) is 0 Å². The zero-order valence-electron chi connectivity index (χ0n) is 10.3. The maximum atomic E-state index is 11.7. The summed E-state index contributed by atoms with van der Waals surface area (Å²) in [6, 6.07) is -0.500. The van der Waals surface area contributed by atoms with Crippen LogP contribution in [0.2, 0.25) is 0 Å². The molecule has 0 aromatic carbocycles. The van der Waals surface area contributed by atoms with Crippen LogP contribution in [-0.4, -0.2) is 60.8 Å². The molecule has 0 radical (unpaired) electrons. The molecule has 1 amide bonds. The Hall–Kier alpha value is -1.14. The summed E-state index contributed by atoms with van der Waals surface area (Å²) in [6.45, 7) is 3.01. The van der Waals surface area contributed by atoms with Gasteiger partial charge in [-0.2, -0.15) is 0 Å². The van der Waals surface area contributed by atoms with E-state index in [0.717, 1.165) is 12.8 Å². The molecule has 0 bridgehead atoms. The number of nitrogens with zero attached hydrogens (tertiary/aromatic N) is 1. The predicted molar refractivity (Wildman–Crippen MR) is 61.7 cm³/mol. The molecule has 0 aliphatic carbocycles. The highest BCUT2D eigenvalue weighted by Crippen LogP contribution is 2.06. The first kappa shape index (κ1) is 13.9. The maximum absolute atomic E-state index is 11.7. The van der Waals surface area contributed by atoms with Gasteiger partial charge in [0.25, 0.3) is 0 Å². The fraction of sp³-hybridized carbons (Fsp3) is 0.818. The lowest BCUT2D eigenvalue weighted by Crippen LogP contribution is -2.46. The van der Waals surface area contributed by atoms with Gasteiger partial charge in [-0.15, -0.1) is 0 Å². The van der Waals surface area contributed by atoms with E-state index in [1.165, 1.54) is 4.90 Å². The number of carbonyl (C=O) groups is 2. The fourth-order valence-electron chi connectivity index (χ4n) is 1.67. The van der Waals surface area contributed by atoms with Crippen molar-refractivity contribution in [3.05, 3.63) is 0 Å². The molecule has 1 rings (SSSR count). The quantitative estimate of drug-likeness (QED) is 0.693. The Labute approximate surface area is 101 Å². The second-order valence-electron chi connectivity index (χ2n) is 4.38. The summed E-state index contributed by atoms with van der Waals surface area (Å²) in [6.07, 6.45) is 1.65. The first-order valence-electron chi connectivity index (χ1n) is 5.81. The number of hydrogen-bond acceptors (Lipinski definition) is 4. The first-order chi connectivity index (χ1) is 8.00. The van der Waals surface area contributed by atoms with E-state index in [1.807, 2.05) is 0 Å². The van der Waals surface area contributed by atoms with Crippen LogP contribution in [0, 0.1) is 0 Å². The molecule has 1 heterocycles. The molecule has 0 spiro atoms. The zero-order chi connectivity index (χ0) is 12.8. The van der Waals surface area contributed by atoms with Gasteiger partial charge in [0, 0.05) is 19.3 Å². The van der Waals surface area contributed by atoms with Gasteiger partial charge in [-0.3, -0.25) is 14.5 Å². The molecule has 1 aliphatic rings. The Balaban J connectivity index is 2.30. The van der Waals surface area contributed by atoms with Crippen molar-refractivity contribution in [2.24, 2.45) is 0 Å². The van der Waals surface area contributed by atoms with Crippen LogP contribution in [0.1, 0.15) is 19.8 Å². The second-order valence-corrected chi connectivity index (χ2v) is 4.38. The second kappa shape index (κ2) is 6.56. The predicted octanol–water partition coefficient (Wildman–Crippen LogP) is -0.313. The highest BCUT2D eigenvalue weighted by atomic mass is 16.5. The number of rotatable bonds is 5. The molecule has 6 heteroatoms. The fourth-order valence-corrected chi connectivity index (χ4v) is 1.67. The number of likely N-dealkylation sites (N-methyl/N-ethyl adjacent to an activating group) is 1. The normalized spacial score (nSPS) is 19.0. The van der Waals surface area contributed by atoms with Gasteiger partial charge in [0.2, 0.25) is 5.91 Å². The molecule has 1 fully saturated rings. The molecule has 98 valence electrons. The highest BCUT2D eigenvalue weighted by molar-refractivity contribution is 5.80. The summed E-state index contributed by atoms with van der Waals surface area (Å²) in [5, 5.41) is 11.7. The minimum Gasteiger partial charge on any atom is -0.480 e. The number of carbonyl (C=O) groups excluding carboxylic acids is 1. The molecule has 1 aliphatic heterocycles. The largest absolute Gasteiger partial charge is 0.480 e. The molecular weight excluding hydrogens is 224 g/mol. The highest BCUT2D eigenvalue weighted by Gasteiger charge is 2.21. The topological polar surface area (TPSA) is 78.9 Å². The van der Waals surface area contributed by atoms with Crippen LogP contribution in [0.5, 0.6) is 0 Å². The van der Waals surface area contributed by atoms with E-state index in [1.54, 1.807) is 14.0 Å². The van der Waals surface area contributed by atoms with Crippen LogP contribution in [0.15, 0.2) is 0 Å². The third-order valence-electron chi connectivity index (χ3n) is 3.00. The van der Waals surface area contributed by atoms with Crippen molar-refractivity contribution in [2.45, 2.75) is 31.8 Å². The van der Waals surface area contributed by atoms with Crippen LogP contribution in [0.3, 0.4) is 0 Å². The monoisotopic (exact) mass is 244 g/mol. The average molecular weight is 244 g/mol. The van der Waals surface area contributed by atoms with Gasteiger partial charge in [0.05, 0.1) is 6.54 Å². The van der Waals surface area contributed by atoms with Gasteiger partial charge in [-0.1, -0.05) is 0 Å². The van der Waals surface area contributed by atoms with Crippen molar-refractivity contribution in [3.63, 3.8) is 0 Å². The molecule has 1 atom stereocenters. The van der Waals surface area contributed by atoms with E-state index in [-0.39, 0.29) is 18.5 Å². The number of aliphatic carboxylic acids is 1. The van der Waals surface area contributed by atoms with E-state index in [4.69, 9.17) is 9.84 Å². The summed E-state index contributed by atoms with van der Waals surface area (Å²) in [5.74, 6) is -1.06. The van der Waals surface area contributed by atoms with E-state index in [2.05, 4.69) is 5.32 Å². The number of amides is 1. The molecule has 2 N–H and O–H groups in total. The van der Waals surface area contributed by atoms with E-state index >= 15 is 0 Å². The van der Waals surface area contributed by atoms with Crippen molar-refractivity contribution in [1.82, 2.24) is 10.2 Å². The lowest BCUT2D eigenvalue weighted by Gasteiger charge is -2.25. The molecule has 17 heavy (non-hydrogen) atoms. The van der Waals surface area contributed by atoms with E-state index in [0.29, 0.717) is 13.2 Å². The standard InChI is InChI=1S/C11H20N2O4/c1-8(11(15)16)13(2)7-10(14)12-9-3-5-17-6-4-9/h8-9H,3-7H2,1-2H3,(H,12,14)(H,15,16). The average Bonchev–Trinajstić information content (AvgIpc) is 2.28. The van der Waals surface area contributed by atoms with Crippen molar-refractivity contribution in [3.8, 4) is 0 Å². The summed E-state index contributed by atoms with van der Waals surface area (Å²) >= 11 is 0. The number of ether oxygens (including phenoxy) is 1. The Bertz CT molecular complexity index is 277. The van der Waals surface area contributed by atoms with Crippen molar-refractivity contribution in [2.75, 3.05) is 26.8 Å². The molecule has 6 nitrogen and oxygen atoms in total. The van der Waals surface area contributed by atoms with Gasteiger partial charge in [-0.25, -0.2) is 0 Å². The molecule has 0 aromatic rings. The third-order valence-corrected chi connectivity index (χ3v) is 3.00. The molecule has 0 aromatic heterocycles. The summed E-state index contributed by atoms with van der Waals surface area (Å²) in [5.41, 5.74) is 0. The maximum Gasteiger partial charge on any atom is 0.320 e. The number of carboxylic acids is 1. The first-order valence-corrected chi connectivity index (χ1v) is 5.81. The Kier molecular flexibility index (Phi) is 5.37. The molecular formula is C11H20N2O4. The lowest BCUT2D eigenvalue weighted by atomic mass is 10.1. The SMILES string of the molecule is CC(C(=O)O)N(C)CC(=O)NC1CCOCC1. The molecule has 0 saturated carbocycles. The van der Waals surface area contributed by atoms with E-state index < -0.39 is 12.0 Å². The number of hydrogen-bond donors (Lipinski definition) is 2. The van der Waals surface area contributed by atoms with E-state index in [9.17, 15) is 9.59 Å². The van der Waals surface area contributed by atoms with Crippen molar-refractivity contribution >= 4 is 11.9 Å². The van der Waals surface area contributed by atoms with Crippen LogP contribution in [0.4, 0.5) is 0 Å². The third kappa shape index (κ3) is 4.70. The van der Waals surface area contributed by atoms with Gasteiger partial charge in [-0.05, 0) is 26.8 Å². The van der Waals surface area contributed by atoms with Gasteiger partial charge in [0.1, 0.15) is 6.04 Å². The van der Waals surface area contributed by atoms with Crippen LogP contribution < -0.4 is 5.32 Å². The Morgan fingerprint density at radius 1 is 1.47 bits per heavy atom. The smallest absolute Gasteiger partial charge is 0.320 e. The summed E-state index contributed by atoms with van der Waals surface area (Å²) in [7, 11) is 1.63. The summed E-state index contributed by atoms with van der Waals surface area (Å²) < 4.78 is 5.19. The number of nitrogens with one attached hydrogen (secondary N) is 1. The molecule has 1 saturated heterocycles. The Morgan fingerprint density at radius 2 is 2.06 bits per heavy atom. The lowest BCUT2D eigenvalue weighted by molar-refractivity contribution is -0.142. The minimum atomic E-state index is -0.925. The van der Waals surface area contributed by atoms with Gasteiger partial charge < -0.3 is 15.2 Å². The Morgan fingerprint density at radius 3 is 2.59 bits per heavy atom.